The van der Waals surface area contributed by atoms with Gasteiger partial charge in [0.1, 0.15) is 0 Å². The van der Waals surface area contributed by atoms with E-state index in [4.69, 9.17) is 0 Å². The van der Waals surface area contributed by atoms with Crippen molar-refractivity contribution in [2.24, 2.45) is 0 Å². The third kappa shape index (κ3) is 8.38. The Morgan fingerprint density at radius 2 is 2.00 bits per heavy atom. The zero-order valence-corrected chi connectivity index (χ0v) is 10.6. The molecule has 1 atom stereocenters. The predicted octanol–water partition coefficient (Wildman–Crippen LogP) is 1.24. The molecule has 0 aromatic carbocycles. The molecule has 0 heterocycles. The van der Waals surface area contributed by atoms with Crippen molar-refractivity contribution in [1.29, 1.82) is 0 Å². The average molecular weight is 218 g/mol. The van der Waals surface area contributed by atoms with E-state index in [0.717, 1.165) is 6.54 Å². The summed E-state index contributed by atoms with van der Waals surface area (Å²) in [6, 6.07) is 0. The molecule has 2 N–H and O–H groups in total. The highest BCUT2D eigenvalue weighted by Gasteiger charge is 2.11. The minimum Gasteiger partial charge on any atom is -0.354 e. The molecule has 0 rings (SSSR count). The Kier molecular flexibility index (Phi) is 6.20. The van der Waals surface area contributed by atoms with Crippen LogP contribution in [0.4, 0.5) is 0 Å². The monoisotopic (exact) mass is 218 g/mol. The van der Waals surface area contributed by atoms with Crippen LogP contribution in [0.5, 0.6) is 0 Å². The lowest BCUT2D eigenvalue weighted by atomic mass is 10.1. The van der Waals surface area contributed by atoms with Gasteiger partial charge in [0.25, 0.3) is 0 Å². The number of hydrogen-bond donors (Lipinski definition) is 2. The predicted molar refractivity (Wildman–Crippen MR) is 63.7 cm³/mol. The van der Waals surface area contributed by atoms with Gasteiger partial charge in [0.2, 0.25) is 5.91 Å². The maximum Gasteiger partial charge on any atom is 0.234 e. The number of carbonyl (C=O) groups is 1. The van der Waals surface area contributed by atoms with Crippen LogP contribution < -0.4 is 10.6 Å². The molecule has 1 amide bonds. The van der Waals surface area contributed by atoms with E-state index in [9.17, 15) is 4.79 Å². The van der Waals surface area contributed by atoms with Crippen LogP contribution >= 0.6 is 11.8 Å². The summed E-state index contributed by atoms with van der Waals surface area (Å²) in [5.41, 5.74) is 0.00244. The van der Waals surface area contributed by atoms with E-state index in [1.165, 1.54) is 0 Å². The molecule has 14 heavy (non-hydrogen) atoms. The van der Waals surface area contributed by atoms with E-state index in [1.54, 1.807) is 11.8 Å². The third-order valence-corrected chi connectivity index (χ3v) is 2.74. The summed E-state index contributed by atoms with van der Waals surface area (Å²) in [7, 11) is 0. The Morgan fingerprint density at radius 1 is 1.43 bits per heavy atom. The largest absolute Gasteiger partial charge is 0.354 e. The van der Waals surface area contributed by atoms with Crippen LogP contribution in [0.1, 0.15) is 27.7 Å². The van der Waals surface area contributed by atoms with Crippen LogP contribution in [0.15, 0.2) is 0 Å². The molecule has 0 bridgehead atoms. The average Bonchev–Trinajstić information content (AvgIpc) is 2.09. The van der Waals surface area contributed by atoms with E-state index in [0.29, 0.717) is 11.8 Å². The summed E-state index contributed by atoms with van der Waals surface area (Å²) in [6.07, 6.45) is 2.05. The van der Waals surface area contributed by atoms with Crippen molar-refractivity contribution in [3.63, 3.8) is 0 Å². The van der Waals surface area contributed by atoms with Crippen molar-refractivity contribution in [2.45, 2.75) is 38.5 Å². The molecule has 0 aromatic rings. The van der Waals surface area contributed by atoms with Crippen molar-refractivity contribution in [3.05, 3.63) is 0 Å². The van der Waals surface area contributed by atoms with Gasteiger partial charge < -0.3 is 10.6 Å². The van der Waals surface area contributed by atoms with Crippen molar-refractivity contribution < 1.29 is 4.79 Å². The smallest absolute Gasteiger partial charge is 0.234 e. The summed E-state index contributed by atoms with van der Waals surface area (Å²) in [6.45, 7) is 9.37. The number of thioether (sulfide) groups is 1. The highest BCUT2D eigenvalue weighted by atomic mass is 32.2. The zero-order chi connectivity index (χ0) is 11.2. The van der Waals surface area contributed by atoms with Crippen LogP contribution in [0.25, 0.3) is 0 Å². The Labute approximate surface area is 91.4 Å². The van der Waals surface area contributed by atoms with Crippen LogP contribution in [-0.4, -0.2) is 36.0 Å². The van der Waals surface area contributed by atoms with Crippen LogP contribution in [-0.2, 0) is 4.79 Å². The molecule has 0 aliphatic heterocycles. The topological polar surface area (TPSA) is 41.1 Å². The molecule has 0 fully saturated rings. The van der Waals surface area contributed by atoms with Gasteiger partial charge in [0, 0.05) is 17.3 Å². The summed E-state index contributed by atoms with van der Waals surface area (Å²) in [4.78, 5) is 11.3. The van der Waals surface area contributed by atoms with E-state index >= 15 is 0 Å². The number of rotatable bonds is 5. The van der Waals surface area contributed by atoms with E-state index < -0.39 is 0 Å². The molecular weight excluding hydrogens is 196 g/mol. The van der Waals surface area contributed by atoms with Gasteiger partial charge in [-0.3, -0.25) is 4.79 Å². The molecule has 0 saturated carbocycles. The molecule has 0 saturated heterocycles. The molecule has 4 heteroatoms. The Hall–Kier alpha value is -0.220. The fraction of sp³-hybridized carbons (Fsp3) is 0.900. The first kappa shape index (κ1) is 13.8. The number of carbonyl (C=O) groups excluding carboxylic acids is 1. The Bertz CT molecular complexity index is 177. The van der Waals surface area contributed by atoms with E-state index in [1.807, 2.05) is 27.0 Å². The van der Waals surface area contributed by atoms with Gasteiger partial charge in [-0.1, -0.05) is 6.92 Å². The van der Waals surface area contributed by atoms with Crippen molar-refractivity contribution in [1.82, 2.24) is 10.6 Å². The Morgan fingerprint density at radius 3 is 2.43 bits per heavy atom. The summed E-state index contributed by atoms with van der Waals surface area (Å²) < 4.78 is 0. The molecule has 0 aliphatic carbocycles. The maximum atomic E-state index is 11.3. The summed E-state index contributed by atoms with van der Waals surface area (Å²) >= 11 is 1.76. The van der Waals surface area contributed by atoms with E-state index in [2.05, 4.69) is 17.6 Å². The first-order chi connectivity index (χ1) is 6.35. The van der Waals surface area contributed by atoms with Gasteiger partial charge in [-0.05, 0) is 27.0 Å². The molecule has 3 nitrogen and oxygen atoms in total. The second-order valence-corrected chi connectivity index (χ2v) is 5.73. The quantitative estimate of drug-likeness (QED) is 0.729. The van der Waals surface area contributed by atoms with E-state index in [-0.39, 0.29) is 11.4 Å². The molecule has 0 aliphatic rings. The Balaban J connectivity index is 3.57. The van der Waals surface area contributed by atoms with Crippen molar-refractivity contribution in [3.8, 4) is 0 Å². The maximum absolute atomic E-state index is 11.3. The van der Waals surface area contributed by atoms with Gasteiger partial charge in [-0.25, -0.2) is 0 Å². The lowest BCUT2D eigenvalue weighted by Crippen LogP contribution is -2.44. The van der Waals surface area contributed by atoms with Crippen molar-refractivity contribution in [2.75, 3.05) is 19.3 Å². The SMILES string of the molecule is CSC(C)CNC(=O)CNC(C)(C)C. The van der Waals surface area contributed by atoms with Gasteiger partial charge in [-0.2, -0.15) is 11.8 Å². The first-order valence-electron chi connectivity index (χ1n) is 4.89. The number of nitrogens with one attached hydrogen (secondary N) is 2. The van der Waals surface area contributed by atoms with Crippen LogP contribution in [0.3, 0.4) is 0 Å². The standard InChI is InChI=1S/C10H22N2OS/c1-8(14-5)6-11-9(13)7-12-10(2,3)4/h8,12H,6-7H2,1-5H3,(H,11,13). The highest BCUT2D eigenvalue weighted by molar-refractivity contribution is 7.99. The molecule has 0 aromatic heterocycles. The number of amides is 1. The van der Waals surface area contributed by atoms with Gasteiger partial charge in [-0.15, -0.1) is 0 Å². The summed E-state index contributed by atoms with van der Waals surface area (Å²) in [5, 5.41) is 6.51. The van der Waals surface area contributed by atoms with Gasteiger partial charge in [0.05, 0.1) is 6.54 Å². The molecule has 0 spiro atoms. The zero-order valence-electron chi connectivity index (χ0n) is 9.81. The minimum atomic E-state index is 0.00244. The van der Waals surface area contributed by atoms with Crippen molar-refractivity contribution >= 4 is 17.7 Å². The van der Waals surface area contributed by atoms with Gasteiger partial charge in [0.15, 0.2) is 0 Å². The second-order valence-electron chi connectivity index (χ2n) is 4.45. The fourth-order valence-corrected chi connectivity index (χ4v) is 0.999. The van der Waals surface area contributed by atoms with Crippen LogP contribution in [0.2, 0.25) is 0 Å². The van der Waals surface area contributed by atoms with Gasteiger partial charge >= 0.3 is 0 Å². The molecule has 1 unspecified atom stereocenters. The molecular formula is C10H22N2OS. The minimum absolute atomic E-state index is 0.00244. The normalized spacial score (nSPS) is 13.8. The lowest BCUT2D eigenvalue weighted by Gasteiger charge is -2.20. The lowest BCUT2D eigenvalue weighted by molar-refractivity contribution is -0.120. The highest BCUT2D eigenvalue weighted by Crippen LogP contribution is 2.02. The summed E-state index contributed by atoms with van der Waals surface area (Å²) in [5.74, 6) is 0.0702. The first-order valence-corrected chi connectivity index (χ1v) is 6.18. The second kappa shape index (κ2) is 6.30. The third-order valence-electron chi connectivity index (χ3n) is 1.77. The number of hydrogen-bond acceptors (Lipinski definition) is 3. The van der Waals surface area contributed by atoms with Crippen LogP contribution in [0, 0.1) is 0 Å². The fourth-order valence-electron chi connectivity index (χ4n) is 0.749. The molecule has 0 radical (unpaired) electrons. The molecule has 84 valence electrons.